The van der Waals surface area contributed by atoms with Gasteiger partial charge in [-0.05, 0) is 104 Å². The Morgan fingerprint density at radius 3 is 1.73 bits per heavy atom. The van der Waals surface area contributed by atoms with E-state index in [1.54, 1.807) is 6.08 Å². The van der Waals surface area contributed by atoms with Gasteiger partial charge in [-0.15, -0.1) is 0 Å². The Balaban J connectivity index is 3.04. The van der Waals surface area contributed by atoms with Gasteiger partial charge < -0.3 is 4.90 Å². The van der Waals surface area contributed by atoms with Crippen LogP contribution < -0.4 is 4.90 Å². The van der Waals surface area contributed by atoms with Gasteiger partial charge in [-0.1, -0.05) is 141 Å². The maximum Gasteiger partial charge on any atom is 0.0462 e. The van der Waals surface area contributed by atoms with Crippen molar-refractivity contribution in [3.8, 4) is 0 Å². The van der Waals surface area contributed by atoms with Crippen molar-refractivity contribution in [2.45, 2.75) is 34.6 Å². The lowest BCUT2D eigenvalue weighted by molar-refractivity contribution is 1.14. The van der Waals surface area contributed by atoms with Crippen molar-refractivity contribution in [3.05, 3.63) is 211 Å². The van der Waals surface area contributed by atoms with Crippen molar-refractivity contribution in [2.75, 3.05) is 4.90 Å². The molecular weight excluding hydrogens is 530 g/mol. The summed E-state index contributed by atoms with van der Waals surface area (Å²) >= 11 is 0. The summed E-state index contributed by atoms with van der Waals surface area (Å²) < 4.78 is 0. The number of hydrogen-bond donors (Lipinski definition) is 0. The average Bonchev–Trinajstić information content (AvgIpc) is 3.04. The molecule has 0 N–H and O–H groups in total. The molecule has 0 bridgehead atoms. The standard InChI is InChI=1S/C43H47N/c1-10-17-24-36(23-13-4)43(42(35(14-5)22-12-3)37-25-20-19-21-26-37)38-29-32-41(33-30-38)44(39(15-6)27-18-11-2)40(16-7)31-28-34(8)9/h10-33H,1,4,6-7H2,2-3,5,8-9H3/b18-11-,22-12-,24-17-,35-14+,36-23+,39-27+,40-31+,43-42+. The lowest BCUT2D eigenvalue weighted by Gasteiger charge is -2.27. The molecule has 44 heavy (non-hydrogen) atoms. The fourth-order valence-corrected chi connectivity index (χ4v) is 4.68. The minimum Gasteiger partial charge on any atom is -0.311 e. The molecule has 0 aliphatic carbocycles. The van der Waals surface area contributed by atoms with Gasteiger partial charge in [0, 0.05) is 17.1 Å². The quantitative estimate of drug-likeness (QED) is 0.150. The maximum absolute atomic E-state index is 4.13. The molecular formula is C43H47N. The first kappa shape index (κ1) is 35.1. The maximum atomic E-state index is 4.13. The third kappa shape index (κ3) is 9.71. The largest absolute Gasteiger partial charge is 0.311 e. The van der Waals surface area contributed by atoms with E-state index in [0.29, 0.717) is 0 Å². The van der Waals surface area contributed by atoms with E-state index < -0.39 is 0 Å². The molecule has 2 rings (SSSR count). The minimum absolute atomic E-state index is 0.940. The molecule has 0 heterocycles. The van der Waals surface area contributed by atoms with Crippen LogP contribution in [0.3, 0.4) is 0 Å². The van der Waals surface area contributed by atoms with Crippen LogP contribution in [0.25, 0.3) is 11.1 Å². The van der Waals surface area contributed by atoms with Crippen LogP contribution in [0.5, 0.6) is 0 Å². The van der Waals surface area contributed by atoms with Gasteiger partial charge in [0.1, 0.15) is 0 Å². The van der Waals surface area contributed by atoms with E-state index in [0.717, 1.165) is 50.5 Å². The average molecular weight is 578 g/mol. The molecule has 0 amide bonds. The van der Waals surface area contributed by atoms with Crippen molar-refractivity contribution in [2.24, 2.45) is 0 Å². The highest BCUT2D eigenvalue weighted by Crippen LogP contribution is 2.39. The molecule has 0 aromatic heterocycles. The molecule has 0 saturated carbocycles. The van der Waals surface area contributed by atoms with E-state index in [4.69, 9.17) is 0 Å². The number of hydrogen-bond acceptors (Lipinski definition) is 1. The highest BCUT2D eigenvalue weighted by atomic mass is 15.1. The van der Waals surface area contributed by atoms with Gasteiger partial charge in [0.05, 0.1) is 0 Å². The van der Waals surface area contributed by atoms with Crippen molar-refractivity contribution >= 4 is 16.8 Å². The molecule has 0 aliphatic heterocycles. The van der Waals surface area contributed by atoms with Gasteiger partial charge in [-0.2, -0.15) is 0 Å². The van der Waals surface area contributed by atoms with Gasteiger partial charge in [0.2, 0.25) is 0 Å². The van der Waals surface area contributed by atoms with Crippen molar-refractivity contribution in [1.82, 2.24) is 0 Å². The topological polar surface area (TPSA) is 3.24 Å². The molecule has 0 spiro atoms. The summed E-state index contributed by atoms with van der Waals surface area (Å²) in [5.74, 6) is 0. The predicted octanol–water partition coefficient (Wildman–Crippen LogP) is 12.5. The van der Waals surface area contributed by atoms with Gasteiger partial charge in [-0.25, -0.2) is 0 Å². The molecule has 0 atom stereocenters. The zero-order valence-electron chi connectivity index (χ0n) is 27.1. The summed E-state index contributed by atoms with van der Waals surface area (Å²) in [6.07, 6.45) is 30.1. The SMILES string of the molecule is C=C\C=C/C(=C\C=C)C(=C(C(/C=C\C)=C/C)\c1ccccc1)/c1ccc(N(/C(C=C)=C/C=C(C)C)/C(C=C)=C/C=C\C)cc1. The summed E-state index contributed by atoms with van der Waals surface area (Å²) in [4.78, 5) is 2.17. The van der Waals surface area contributed by atoms with Gasteiger partial charge in [0.15, 0.2) is 0 Å². The number of rotatable bonds is 15. The van der Waals surface area contributed by atoms with E-state index in [1.165, 1.54) is 5.57 Å². The van der Waals surface area contributed by atoms with Crippen LogP contribution in [-0.4, -0.2) is 0 Å². The summed E-state index contributed by atoms with van der Waals surface area (Å²) in [5, 5.41) is 0. The van der Waals surface area contributed by atoms with E-state index in [2.05, 4.69) is 149 Å². The van der Waals surface area contributed by atoms with Crippen LogP contribution in [-0.2, 0) is 0 Å². The Morgan fingerprint density at radius 1 is 0.591 bits per heavy atom. The first-order valence-electron chi connectivity index (χ1n) is 14.9. The van der Waals surface area contributed by atoms with Crippen molar-refractivity contribution < 1.29 is 0 Å². The normalized spacial score (nSPS) is 13.7. The van der Waals surface area contributed by atoms with E-state index in [-0.39, 0.29) is 0 Å². The third-order valence-corrected chi connectivity index (χ3v) is 6.65. The van der Waals surface area contributed by atoms with Crippen LogP contribution in [0.15, 0.2) is 200 Å². The van der Waals surface area contributed by atoms with Crippen molar-refractivity contribution in [1.29, 1.82) is 0 Å². The molecule has 0 aliphatic rings. The summed E-state index contributed by atoms with van der Waals surface area (Å²) in [6.45, 7) is 26.5. The zero-order chi connectivity index (χ0) is 32.3. The summed E-state index contributed by atoms with van der Waals surface area (Å²) in [5.41, 5.74) is 10.7. The number of benzene rings is 2. The molecule has 0 saturated heterocycles. The van der Waals surface area contributed by atoms with E-state index in [1.807, 2.05) is 56.4 Å². The molecule has 2 aromatic carbocycles. The zero-order valence-corrected chi connectivity index (χ0v) is 27.1. The van der Waals surface area contributed by atoms with E-state index in [9.17, 15) is 0 Å². The minimum atomic E-state index is 0.940. The van der Waals surface area contributed by atoms with Crippen LogP contribution in [0, 0.1) is 0 Å². The van der Waals surface area contributed by atoms with Crippen LogP contribution in [0.4, 0.5) is 5.69 Å². The second-order valence-corrected chi connectivity index (χ2v) is 10.1. The summed E-state index contributed by atoms with van der Waals surface area (Å²) in [7, 11) is 0. The summed E-state index contributed by atoms with van der Waals surface area (Å²) in [6, 6.07) is 19.2. The Morgan fingerprint density at radius 2 is 1.20 bits per heavy atom. The highest BCUT2D eigenvalue weighted by molar-refractivity contribution is 6.06. The number of nitrogens with zero attached hydrogens (tertiary/aromatic N) is 1. The molecule has 0 unspecified atom stereocenters. The van der Waals surface area contributed by atoms with E-state index >= 15 is 0 Å². The Labute approximate surface area is 267 Å². The molecule has 0 radical (unpaired) electrons. The monoisotopic (exact) mass is 577 g/mol. The fraction of sp³-hybridized carbons (Fsp3) is 0.116. The third-order valence-electron chi connectivity index (χ3n) is 6.65. The van der Waals surface area contributed by atoms with Crippen LogP contribution in [0.1, 0.15) is 45.7 Å². The Kier molecular flexibility index (Phi) is 15.2. The van der Waals surface area contributed by atoms with Crippen LogP contribution in [0.2, 0.25) is 0 Å². The fourth-order valence-electron chi connectivity index (χ4n) is 4.68. The van der Waals surface area contributed by atoms with Gasteiger partial charge in [0.25, 0.3) is 0 Å². The molecule has 0 fully saturated rings. The number of allylic oxidation sites excluding steroid dienone is 20. The first-order valence-corrected chi connectivity index (χ1v) is 14.9. The van der Waals surface area contributed by atoms with Crippen LogP contribution >= 0.6 is 0 Å². The lowest BCUT2D eigenvalue weighted by atomic mass is 9.84. The predicted molar refractivity (Wildman–Crippen MR) is 199 cm³/mol. The smallest absolute Gasteiger partial charge is 0.0462 e. The molecule has 1 nitrogen and oxygen atoms in total. The van der Waals surface area contributed by atoms with Gasteiger partial charge in [-0.3, -0.25) is 0 Å². The highest BCUT2D eigenvalue weighted by Gasteiger charge is 2.18. The molecule has 224 valence electrons. The molecule has 1 heteroatoms. The Bertz CT molecular complexity index is 1570. The second kappa shape index (κ2) is 19.1. The van der Waals surface area contributed by atoms with Gasteiger partial charge >= 0.3 is 0 Å². The first-order chi connectivity index (χ1) is 21.4. The lowest BCUT2D eigenvalue weighted by Crippen LogP contribution is -2.19. The van der Waals surface area contributed by atoms with Crippen molar-refractivity contribution in [3.63, 3.8) is 0 Å². The Hall–Kier alpha value is -5.14. The number of anilines is 1. The second-order valence-electron chi connectivity index (χ2n) is 10.1. The molecule has 2 aromatic rings.